The maximum atomic E-state index is 13.5. The van der Waals surface area contributed by atoms with Gasteiger partial charge in [-0.15, -0.1) is 0 Å². The number of nitrogens with one attached hydrogen (secondary N) is 1. The fraction of sp³-hybridized carbons (Fsp3) is 0.567. The van der Waals surface area contributed by atoms with Crippen molar-refractivity contribution in [1.29, 1.82) is 0 Å². The summed E-state index contributed by atoms with van der Waals surface area (Å²) in [6.45, 7) is 9.20. The van der Waals surface area contributed by atoms with Crippen molar-refractivity contribution in [3.8, 4) is 5.75 Å². The maximum absolute atomic E-state index is 13.5. The Bertz CT molecular complexity index is 1050. The molecule has 2 N–H and O–H groups in total. The average Bonchev–Trinajstić information content (AvgIpc) is 2.85. The van der Waals surface area contributed by atoms with E-state index >= 15 is 0 Å². The molecule has 0 heterocycles. The van der Waals surface area contributed by atoms with Gasteiger partial charge in [-0.05, 0) is 78.7 Å². The molecule has 0 amide bonds. The van der Waals surface area contributed by atoms with E-state index in [0.29, 0.717) is 12.5 Å². The summed E-state index contributed by atoms with van der Waals surface area (Å²) in [5.74, 6) is 1.33. The standard InChI is InChI=1S/C30H41NO4/c1-20(2)21-10-12-26-22(16-21)11-13-27-29(26,3)14-7-15-30(27,4)28(33)35-19-24(32)18-31-23-8-6-9-25(17-23)34-5/h6,8-10,12,16-17,20,24,27,31-32H,7,11,13-15,18-19H2,1-5H3/t24?,27?,29-,30-/m1/s1. The van der Waals surface area contributed by atoms with Gasteiger partial charge in [-0.1, -0.05) is 51.5 Å². The fourth-order valence-electron chi connectivity index (χ4n) is 6.48. The molecule has 35 heavy (non-hydrogen) atoms. The number of hydrogen-bond acceptors (Lipinski definition) is 5. The Morgan fingerprint density at radius 2 is 1.97 bits per heavy atom. The van der Waals surface area contributed by atoms with Crippen molar-refractivity contribution >= 4 is 11.7 Å². The zero-order valence-corrected chi connectivity index (χ0v) is 21.9. The number of aryl methyl sites for hydroxylation is 1. The van der Waals surface area contributed by atoms with Crippen molar-refractivity contribution in [3.05, 3.63) is 59.2 Å². The minimum Gasteiger partial charge on any atom is -0.497 e. The lowest BCUT2D eigenvalue weighted by molar-refractivity contribution is -0.167. The molecule has 2 aromatic carbocycles. The van der Waals surface area contributed by atoms with E-state index in [-0.39, 0.29) is 23.9 Å². The van der Waals surface area contributed by atoms with Crippen molar-refractivity contribution in [3.63, 3.8) is 0 Å². The number of carbonyl (C=O) groups is 1. The number of aliphatic hydroxyl groups is 1. The minimum absolute atomic E-state index is 0.0108. The van der Waals surface area contributed by atoms with Crippen LogP contribution in [0.15, 0.2) is 42.5 Å². The zero-order valence-electron chi connectivity index (χ0n) is 21.9. The van der Waals surface area contributed by atoms with E-state index < -0.39 is 11.5 Å². The number of methoxy groups -OCH3 is 1. The van der Waals surface area contributed by atoms with Gasteiger partial charge in [-0.3, -0.25) is 4.79 Å². The summed E-state index contributed by atoms with van der Waals surface area (Å²) in [4.78, 5) is 13.5. The Hall–Kier alpha value is -2.53. The molecule has 4 rings (SSSR count). The van der Waals surface area contributed by atoms with E-state index in [1.54, 1.807) is 7.11 Å². The highest BCUT2D eigenvalue weighted by Crippen LogP contribution is 2.57. The summed E-state index contributed by atoms with van der Waals surface area (Å²) >= 11 is 0. The van der Waals surface area contributed by atoms with Gasteiger partial charge < -0.3 is 19.9 Å². The molecule has 0 aromatic heterocycles. The van der Waals surface area contributed by atoms with Gasteiger partial charge in [0.2, 0.25) is 0 Å². The Balaban J connectivity index is 1.41. The first-order valence-electron chi connectivity index (χ1n) is 13.0. The highest BCUT2D eigenvalue weighted by molar-refractivity contribution is 5.77. The van der Waals surface area contributed by atoms with E-state index in [2.05, 4.69) is 51.2 Å². The van der Waals surface area contributed by atoms with Crippen LogP contribution in [-0.4, -0.2) is 37.4 Å². The first-order valence-corrected chi connectivity index (χ1v) is 13.0. The van der Waals surface area contributed by atoms with Crippen molar-refractivity contribution in [2.75, 3.05) is 25.6 Å². The van der Waals surface area contributed by atoms with Crippen LogP contribution in [0.1, 0.15) is 76.0 Å². The summed E-state index contributed by atoms with van der Waals surface area (Å²) in [6, 6.07) is 14.5. The van der Waals surface area contributed by atoms with Gasteiger partial charge in [0, 0.05) is 18.3 Å². The number of rotatable bonds is 8. The van der Waals surface area contributed by atoms with E-state index in [9.17, 15) is 9.90 Å². The predicted octanol–water partition coefficient (Wildman–Crippen LogP) is 5.85. The van der Waals surface area contributed by atoms with Crippen molar-refractivity contribution < 1.29 is 19.4 Å². The summed E-state index contributed by atoms with van der Waals surface area (Å²) < 4.78 is 11.0. The number of esters is 1. The Morgan fingerprint density at radius 3 is 2.71 bits per heavy atom. The third-order valence-electron chi connectivity index (χ3n) is 8.53. The molecule has 0 aliphatic heterocycles. The fourth-order valence-corrected chi connectivity index (χ4v) is 6.48. The molecule has 5 nitrogen and oxygen atoms in total. The van der Waals surface area contributed by atoms with Gasteiger partial charge in [-0.2, -0.15) is 0 Å². The lowest BCUT2D eigenvalue weighted by atomic mass is 9.49. The molecule has 0 saturated heterocycles. The van der Waals surface area contributed by atoms with Crippen molar-refractivity contribution in [1.82, 2.24) is 0 Å². The lowest BCUT2D eigenvalue weighted by Crippen LogP contribution is -2.53. The number of hydrogen-bond donors (Lipinski definition) is 2. The van der Waals surface area contributed by atoms with Crippen LogP contribution in [0, 0.1) is 11.3 Å². The number of carbonyl (C=O) groups excluding carboxylic acids is 1. The van der Waals surface area contributed by atoms with Crippen LogP contribution in [0.4, 0.5) is 5.69 Å². The number of ether oxygens (including phenoxy) is 2. The van der Waals surface area contributed by atoms with Gasteiger partial charge in [0.05, 0.1) is 12.5 Å². The first kappa shape index (κ1) is 25.6. The normalized spacial score (nSPS) is 26.4. The SMILES string of the molecule is COc1cccc(NCC(O)COC(=O)[C@]2(C)CCC[C@]3(C)c4ccc(C(C)C)cc4CCC23)c1. The number of anilines is 1. The number of aliphatic hydroxyl groups excluding tert-OH is 1. The molecular weight excluding hydrogens is 438 g/mol. The topological polar surface area (TPSA) is 67.8 Å². The molecule has 0 spiro atoms. The van der Waals surface area contributed by atoms with Crippen molar-refractivity contribution in [2.24, 2.45) is 11.3 Å². The van der Waals surface area contributed by atoms with Crippen LogP contribution in [0.3, 0.4) is 0 Å². The Labute approximate surface area is 210 Å². The van der Waals surface area contributed by atoms with E-state index in [4.69, 9.17) is 9.47 Å². The van der Waals surface area contributed by atoms with Crippen LogP contribution in [0.2, 0.25) is 0 Å². The molecule has 2 unspecified atom stereocenters. The molecule has 2 aliphatic rings. The number of benzene rings is 2. The van der Waals surface area contributed by atoms with Crippen LogP contribution in [-0.2, 0) is 21.4 Å². The molecule has 2 aromatic rings. The van der Waals surface area contributed by atoms with Crippen LogP contribution in [0.25, 0.3) is 0 Å². The maximum Gasteiger partial charge on any atom is 0.312 e. The molecule has 2 aliphatic carbocycles. The van der Waals surface area contributed by atoms with Gasteiger partial charge in [-0.25, -0.2) is 0 Å². The smallest absolute Gasteiger partial charge is 0.312 e. The van der Waals surface area contributed by atoms with Gasteiger partial charge >= 0.3 is 5.97 Å². The van der Waals surface area contributed by atoms with E-state index in [0.717, 1.165) is 43.5 Å². The Kier molecular flexibility index (Phi) is 7.46. The molecule has 4 atom stereocenters. The second-order valence-electron chi connectivity index (χ2n) is 11.2. The highest BCUT2D eigenvalue weighted by atomic mass is 16.5. The first-order chi connectivity index (χ1) is 16.7. The second-order valence-corrected chi connectivity index (χ2v) is 11.2. The van der Waals surface area contributed by atoms with Gasteiger partial charge in [0.1, 0.15) is 18.5 Å². The molecule has 1 saturated carbocycles. The Morgan fingerprint density at radius 1 is 1.17 bits per heavy atom. The monoisotopic (exact) mass is 479 g/mol. The minimum atomic E-state index is -0.787. The summed E-state index contributed by atoms with van der Waals surface area (Å²) in [6.07, 6.45) is 4.16. The number of fused-ring (bicyclic) bond motifs is 3. The molecule has 0 radical (unpaired) electrons. The summed E-state index contributed by atoms with van der Waals surface area (Å²) in [7, 11) is 1.62. The molecule has 0 bridgehead atoms. The second kappa shape index (κ2) is 10.2. The van der Waals surface area contributed by atoms with Crippen LogP contribution < -0.4 is 10.1 Å². The average molecular weight is 480 g/mol. The van der Waals surface area contributed by atoms with E-state index in [1.807, 2.05) is 24.3 Å². The predicted molar refractivity (Wildman–Crippen MR) is 140 cm³/mol. The van der Waals surface area contributed by atoms with Crippen LogP contribution >= 0.6 is 0 Å². The van der Waals surface area contributed by atoms with Crippen LogP contribution in [0.5, 0.6) is 5.75 Å². The third kappa shape index (κ3) is 5.06. The molecule has 1 fully saturated rings. The third-order valence-corrected chi connectivity index (χ3v) is 8.53. The van der Waals surface area contributed by atoms with Gasteiger partial charge in [0.15, 0.2) is 0 Å². The quantitative estimate of drug-likeness (QED) is 0.465. The molecule has 5 heteroatoms. The van der Waals surface area contributed by atoms with Crippen molar-refractivity contribution in [2.45, 2.75) is 77.2 Å². The lowest BCUT2D eigenvalue weighted by Gasteiger charge is -2.54. The summed E-state index contributed by atoms with van der Waals surface area (Å²) in [5.41, 5.74) is 4.54. The summed E-state index contributed by atoms with van der Waals surface area (Å²) in [5, 5.41) is 13.7. The van der Waals surface area contributed by atoms with E-state index in [1.165, 1.54) is 16.7 Å². The van der Waals surface area contributed by atoms with Gasteiger partial charge in [0.25, 0.3) is 0 Å². The molecular formula is C30H41NO4. The largest absolute Gasteiger partial charge is 0.497 e. The highest BCUT2D eigenvalue weighted by Gasteiger charge is 2.55. The molecule has 190 valence electrons. The zero-order chi connectivity index (χ0) is 25.2.